The molecule has 2 saturated heterocycles. The van der Waals surface area contributed by atoms with Crippen LogP contribution in [0, 0.1) is 5.92 Å². The van der Waals surface area contributed by atoms with Crippen molar-refractivity contribution in [1.29, 1.82) is 0 Å². The van der Waals surface area contributed by atoms with Crippen LogP contribution in [0.1, 0.15) is 23.2 Å². The molecule has 0 radical (unpaired) electrons. The van der Waals surface area contributed by atoms with Gasteiger partial charge in [-0.05, 0) is 42.8 Å². The van der Waals surface area contributed by atoms with Gasteiger partial charge in [0.25, 0.3) is 5.91 Å². The second-order valence-electron chi connectivity index (χ2n) is 5.81. The summed E-state index contributed by atoms with van der Waals surface area (Å²) in [5, 5.41) is 5.20. The van der Waals surface area contributed by atoms with Crippen molar-refractivity contribution in [2.24, 2.45) is 5.92 Å². The predicted octanol–water partition coefficient (Wildman–Crippen LogP) is 2.12. The third-order valence-electron chi connectivity index (χ3n) is 4.39. The molecular formula is C15H17N3OS. The fourth-order valence-corrected chi connectivity index (χ4v) is 4.34. The van der Waals surface area contributed by atoms with E-state index in [4.69, 9.17) is 0 Å². The Kier molecular flexibility index (Phi) is 2.97. The number of aromatic nitrogens is 1. The van der Waals surface area contributed by atoms with Crippen LogP contribution in [-0.2, 0) is 0 Å². The quantitative estimate of drug-likeness (QED) is 0.920. The van der Waals surface area contributed by atoms with Crippen LogP contribution in [0.15, 0.2) is 23.7 Å². The largest absolute Gasteiger partial charge is 0.348 e. The first kappa shape index (κ1) is 12.3. The number of hydrogen-bond acceptors (Lipinski definition) is 4. The lowest BCUT2D eigenvalue weighted by molar-refractivity contribution is 0.0911. The first-order chi connectivity index (χ1) is 9.79. The van der Waals surface area contributed by atoms with Crippen LogP contribution in [0.3, 0.4) is 0 Å². The van der Waals surface area contributed by atoms with E-state index in [0.29, 0.717) is 6.04 Å². The summed E-state index contributed by atoms with van der Waals surface area (Å²) in [6.45, 7) is 3.42. The van der Waals surface area contributed by atoms with Crippen LogP contribution < -0.4 is 5.32 Å². The van der Waals surface area contributed by atoms with Crippen LogP contribution in [0.2, 0.25) is 0 Å². The van der Waals surface area contributed by atoms with E-state index in [9.17, 15) is 4.79 Å². The van der Waals surface area contributed by atoms with Crippen LogP contribution in [-0.4, -0.2) is 41.5 Å². The Labute approximate surface area is 121 Å². The topological polar surface area (TPSA) is 45.2 Å². The van der Waals surface area contributed by atoms with E-state index in [1.165, 1.54) is 19.5 Å². The normalized spacial score (nSPS) is 28.7. The Morgan fingerprint density at radius 3 is 3.25 bits per heavy atom. The van der Waals surface area contributed by atoms with Gasteiger partial charge in [-0.15, -0.1) is 11.3 Å². The van der Waals surface area contributed by atoms with E-state index < -0.39 is 0 Å². The van der Waals surface area contributed by atoms with Crippen molar-refractivity contribution in [1.82, 2.24) is 15.2 Å². The SMILES string of the molecule is O=C(N[C@@H]1C[C@H]2CCN(C2)C1)c1ccnc2ccsc12. The van der Waals surface area contributed by atoms with E-state index >= 15 is 0 Å². The number of pyridine rings is 1. The summed E-state index contributed by atoms with van der Waals surface area (Å²) in [4.78, 5) is 19.3. The molecule has 0 aliphatic carbocycles. The van der Waals surface area contributed by atoms with Gasteiger partial charge in [0.05, 0.1) is 15.8 Å². The molecule has 1 N–H and O–H groups in total. The minimum atomic E-state index is 0.0485. The zero-order chi connectivity index (χ0) is 13.5. The number of carbonyl (C=O) groups excluding carboxylic acids is 1. The number of amides is 1. The fourth-order valence-electron chi connectivity index (χ4n) is 3.48. The number of hydrogen-bond donors (Lipinski definition) is 1. The summed E-state index contributed by atoms with van der Waals surface area (Å²) in [7, 11) is 0. The Balaban J connectivity index is 1.54. The number of rotatable bonds is 2. The molecule has 1 unspecified atom stereocenters. The Morgan fingerprint density at radius 1 is 1.40 bits per heavy atom. The van der Waals surface area contributed by atoms with E-state index in [-0.39, 0.29) is 5.91 Å². The van der Waals surface area contributed by atoms with E-state index in [1.807, 2.05) is 17.5 Å². The molecule has 4 rings (SSSR count). The van der Waals surface area contributed by atoms with Gasteiger partial charge >= 0.3 is 0 Å². The van der Waals surface area contributed by atoms with Crippen molar-refractivity contribution in [3.8, 4) is 0 Å². The molecule has 3 atom stereocenters. The molecule has 0 aromatic carbocycles. The molecule has 0 spiro atoms. The smallest absolute Gasteiger partial charge is 0.253 e. The average Bonchev–Trinajstić information content (AvgIpc) is 3.04. The van der Waals surface area contributed by atoms with E-state index in [2.05, 4.69) is 15.2 Å². The lowest BCUT2D eigenvalue weighted by atomic mass is 9.96. The van der Waals surface area contributed by atoms with Gasteiger partial charge in [0.15, 0.2) is 0 Å². The van der Waals surface area contributed by atoms with Crippen LogP contribution >= 0.6 is 11.3 Å². The highest BCUT2D eigenvalue weighted by atomic mass is 32.1. The van der Waals surface area contributed by atoms with Gasteiger partial charge in [-0.2, -0.15) is 0 Å². The molecule has 4 heterocycles. The minimum Gasteiger partial charge on any atom is -0.348 e. The van der Waals surface area contributed by atoms with Crippen molar-refractivity contribution >= 4 is 27.5 Å². The zero-order valence-corrected chi connectivity index (χ0v) is 12.0. The van der Waals surface area contributed by atoms with Gasteiger partial charge in [-0.3, -0.25) is 9.78 Å². The second-order valence-corrected chi connectivity index (χ2v) is 6.73. The molecule has 2 aromatic heterocycles. The predicted molar refractivity (Wildman–Crippen MR) is 80.0 cm³/mol. The molecule has 2 bridgehead atoms. The minimum absolute atomic E-state index is 0.0485. The molecule has 2 aromatic rings. The van der Waals surface area contributed by atoms with Gasteiger partial charge in [0.2, 0.25) is 0 Å². The molecule has 2 aliphatic rings. The highest BCUT2D eigenvalue weighted by molar-refractivity contribution is 7.17. The summed E-state index contributed by atoms with van der Waals surface area (Å²) in [5.74, 6) is 0.820. The molecule has 20 heavy (non-hydrogen) atoms. The standard InChI is InChI=1S/C15H17N3OS/c19-15(12-1-4-16-13-3-6-20-14(12)13)17-11-7-10-2-5-18(8-10)9-11/h1,3-4,6,10-11H,2,5,7-9H2,(H,17,19)/t10-,11-/m1/s1. The number of thiophene rings is 1. The number of carbonyl (C=O) groups is 1. The molecular weight excluding hydrogens is 270 g/mol. The van der Waals surface area contributed by atoms with Crippen molar-refractivity contribution in [2.75, 3.05) is 19.6 Å². The number of nitrogens with one attached hydrogen (secondary N) is 1. The van der Waals surface area contributed by atoms with Gasteiger partial charge in [-0.1, -0.05) is 0 Å². The highest BCUT2D eigenvalue weighted by Gasteiger charge is 2.33. The Hall–Kier alpha value is -1.46. The molecule has 2 fully saturated rings. The third-order valence-corrected chi connectivity index (χ3v) is 5.33. The first-order valence-corrected chi connectivity index (χ1v) is 8.03. The Bertz CT molecular complexity index is 641. The maximum absolute atomic E-state index is 12.5. The number of piperidine rings is 1. The second kappa shape index (κ2) is 4.82. The van der Waals surface area contributed by atoms with Crippen LogP contribution in [0.25, 0.3) is 10.2 Å². The fraction of sp³-hybridized carbons (Fsp3) is 0.467. The molecule has 0 saturated carbocycles. The summed E-state index contributed by atoms with van der Waals surface area (Å²) in [5.41, 5.74) is 1.67. The summed E-state index contributed by atoms with van der Waals surface area (Å²) in [6.07, 6.45) is 4.13. The zero-order valence-electron chi connectivity index (χ0n) is 11.2. The van der Waals surface area contributed by atoms with Gasteiger partial charge in [0.1, 0.15) is 0 Å². The number of nitrogens with zero attached hydrogens (tertiary/aromatic N) is 2. The van der Waals surface area contributed by atoms with Crippen LogP contribution in [0.4, 0.5) is 0 Å². The van der Waals surface area contributed by atoms with Gasteiger partial charge < -0.3 is 10.2 Å². The average molecular weight is 287 g/mol. The molecule has 2 aliphatic heterocycles. The lowest BCUT2D eigenvalue weighted by Crippen LogP contribution is -2.47. The maximum atomic E-state index is 12.5. The van der Waals surface area contributed by atoms with Crippen molar-refractivity contribution < 1.29 is 4.79 Å². The highest BCUT2D eigenvalue weighted by Crippen LogP contribution is 2.27. The lowest BCUT2D eigenvalue weighted by Gasteiger charge is -2.30. The van der Waals surface area contributed by atoms with Crippen molar-refractivity contribution in [2.45, 2.75) is 18.9 Å². The van der Waals surface area contributed by atoms with Gasteiger partial charge in [0, 0.05) is 25.3 Å². The first-order valence-electron chi connectivity index (χ1n) is 7.15. The van der Waals surface area contributed by atoms with Crippen molar-refractivity contribution in [3.05, 3.63) is 29.3 Å². The van der Waals surface area contributed by atoms with Gasteiger partial charge in [-0.25, -0.2) is 0 Å². The molecule has 5 heteroatoms. The van der Waals surface area contributed by atoms with E-state index in [0.717, 1.165) is 34.7 Å². The Morgan fingerprint density at radius 2 is 2.35 bits per heavy atom. The number of fused-ring (bicyclic) bond motifs is 3. The van der Waals surface area contributed by atoms with E-state index in [1.54, 1.807) is 17.5 Å². The van der Waals surface area contributed by atoms with Crippen molar-refractivity contribution in [3.63, 3.8) is 0 Å². The third kappa shape index (κ3) is 2.11. The molecule has 1 amide bonds. The summed E-state index contributed by atoms with van der Waals surface area (Å²) < 4.78 is 0.990. The summed E-state index contributed by atoms with van der Waals surface area (Å²) >= 11 is 1.58. The van der Waals surface area contributed by atoms with Crippen LogP contribution in [0.5, 0.6) is 0 Å². The summed E-state index contributed by atoms with van der Waals surface area (Å²) in [6, 6.07) is 4.08. The monoisotopic (exact) mass is 287 g/mol. The maximum Gasteiger partial charge on any atom is 0.253 e. The molecule has 4 nitrogen and oxygen atoms in total. The molecule has 104 valence electrons.